The van der Waals surface area contributed by atoms with E-state index in [9.17, 15) is 4.39 Å². The van der Waals surface area contributed by atoms with Crippen molar-refractivity contribution in [2.75, 3.05) is 11.9 Å². The second-order valence-electron chi connectivity index (χ2n) is 4.28. The smallest absolute Gasteiger partial charge is 0.146 e. The van der Waals surface area contributed by atoms with Crippen LogP contribution in [0.15, 0.2) is 24.3 Å². The molecule has 1 aromatic rings. The van der Waals surface area contributed by atoms with Gasteiger partial charge in [-0.05, 0) is 24.5 Å². The van der Waals surface area contributed by atoms with E-state index in [2.05, 4.69) is 19.2 Å². The molecule has 0 bridgehead atoms. The van der Waals surface area contributed by atoms with Gasteiger partial charge < -0.3 is 5.32 Å². The Morgan fingerprint density at radius 3 is 2.62 bits per heavy atom. The maximum Gasteiger partial charge on any atom is 0.146 e. The van der Waals surface area contributed by atoms with Crippen molar-refractivity contribution in [1.29, 1.82) is 0 Å². The summed E-state index contributed by atoms with van der Waals surface area (Å²) in [7, 11) is 0. The van der Waals surface area contributed by atoms with Gasteiger partial charge in [0.2, 0.25) is 0 Å². The normalized spacial score (nSPS) is 12.4. The summed E-state index contributed by atoms with van der Waals surface area (Å²) in [4.78, 5) is 0. The highest BCUT2D eigenvalue weighted by atomic mass is 19.1. The van der Waals surface area contributed by atoms with Gasteiger partial charge in [-0.25, -0.2) is 4.39 Å². The third-order valence-corrected chi connectivity index (χ3v) is 3.00. The largest absolute Gasteiger partial charge is 0.382 e. The van der Waals surface area contributed by atoms with E-state index < -0.39 is 0 Å². The number of benzene rings is 1. The zero-order valence-electron chi connectivity index (χ0n) is 10.3. The molecule has 1 rings (SSSR count). The third kappa shape index (κ3) is 4.21. The predicted molar refractivity (Wildman–Crippen MR) is 68.2 cm³/mol. The van der Waals surface area contributed by atoms with Crippen LogP contribution in [0.5, 0.6) is 0 Å². The van der Waals surface area contributed by atoms with E-state index in [0.29, 0.717) is 11.6 Å². The number of halogens is 1. The number of hydrogen-bond donors (Lipinski definition) is 1. The van der Waals surface area contributed by atoms with Gasteiger partial charge in [-0.3, -0.25) is 0 Å². The SMILES string of the molecule is CCCCC(CC)CNc1ccccc1F. The summed E-state index contributed by atoms with van der Waals surface area (Å²) in [6, 6.07) is 6.87. The third-order valence-electron chi connectivity index (χ3n) is 3.00. The van der Waals surface area contributed by atoms with Crippen LogP contribution < -0.4 is 5.32 Å². The Kier molecular flexibility index (Phi) is 5.91. The lowest BCUT2D eigenvalue weighted by atomic mass is 9.99. The standard InChI is InChI=1S/C14H22FN/c1-3-5-8-12(4-2)11-16-14-10-7-6-9-13(14)15/h6-7,9-10,12,16H,3-5,8,11H2,1-2H3. The number of nitrogens with one attached hydrogen (secondary N) is 1. The summed E-state index contributed by atoms with van der Waals surface area (Å²) >= 11 is 0. The molecule has 2 heteroatoms. The van der Waals surface area contributed by atoms with Gasteiger partial charge in [-0.15, -0.1) is 0 Å². The van der Waals surface area contributed by atoms with Gasteiger partial charge in [-0.2, -0.15) is 0 Å². The van der Waals surface area contributed by atoms with Gasteiger partial charge >= 0.3 is 0 Å². The quantitative estimate of drug-likeness (QED) is 0.720. The Hall–Kier alpha value is -1.05. The van der Waals surface area contributed by atoms with Crippen LogP contribution in [0.4, 0.5) is 10.1 Å². The van der Waals surface area contributed by atoms with Crippen LogP contribution in [0, 0.1) is 11.7 Å². The minimum Gasteiger partial charge on any atom is -0.382 e. The molecule has 1 N–H and O–H groups in total. The zero-order chi connectivity index (χ0) is 11.8. The van der Waals surface area contributed by atoms with Gasteiger partial charge in [0.05, 0.1) is 5.69 Å². The molecule has 0 fully saturated rings. The molecule has 0 spiro atoms. The highest BCUT2D eigenvalue weighted by Gasteiger charge is 2.06. The van der Waals surface area contributed by atoms with Gasteiger partial charge in [0.1, 0.15) is 5.82 Å². The molecule has 0 aromatic heterocycles. The second kappa shape index (κ2) is 7.26. The summed E-state index contributed by atoms with van der Waals surface area (Å²) < 4.78 is 13.3. The molecule has 90 valence electrons. The van der Waals surface area contributed by atoms with Crippen LogP contribution in [-0.2, 0) is 0 Å². The molecule has 0 amide bonds. The topological polar surface area (TPSA) is 12.0 Å². The van der Waals surface area contributed by atoms with Crippen LogP contribution in [-0.4, -0.2) is 6.54 Å². The minimum absolute atomic E-state index is 0.159. The molecule has 0 radical (unpaired) electrons. The Bertz CT molecular complexity index is 299. The lowest BCUT2D eigenvalue weighted by Crippen LogP contribution is -2.14. The fourth-order valence-electron chi connectivity index (χ4n) is 1.80. The molecular formula is C14H22FN. The summed E-state index contributed by atoms with van der Waals surface area (Å²) in [5, 5.41) is 3.20. The van der Waals surface area contributed by atoms with E-state index in [4.69, 9.17) is 0 Å². The number of unbranched alkanes of at least 4 members (excludes halogenated alkanes) is 1. The Labute approximate surface area is 98.1 Å². The Balaban J connectivity index is 2.40. The average Bonchev–Trinajstić information content (AvgIpc) is 2.31. The molecular weight excluding hydrogens is 201 g/mol. The van der Waals surface area contributed by atoms with Crippen molar-refractivity contribution >= 4 is 5.69 Å². The van der Waals surface area contributed by atoms with E-state index >= 15 is 0 Å². The van der Waals surface area contributed by atoms with Gasteiger partial charge in [-0.1, -0.05) is 45.2 Å². The Morgan fingerprint density at radius 2 is 2.00 bits per heavy atom. The van der Waals surface area contributed by atoms with Crippen LogP contribution in [0.3, 0.4) is 0 Å². The Morgan fingerprint density at radius 1 is 1.25 bits per heavy atom. The fourth-order valence-corrected chi connectivity index (χ4v) is 1.80. The van der Waals surface area contributed by atoms with Gasteiger partial charge in [0, 0.05) is 6.54 Å². The molecule has 0 heterocycles. The summed E-state index contributed by atoms with van der Waals surface area (Å²) in [6.45, 7) is 5.28. The lowest BCUT2D eigenvalue weighted by molar-refractivity contribution is 0.471. The van der Waals surface area contributed by atoms with E-state index in [1.165, 1.54) is 25.3 Å². The number of anilines is 1. The van der Waals surface area contributed by atoms with Gasteiger partial charge in [0.25, 0.3) is 0 Å². The molecule has 1 atom stereocenters. The first-order valence-corrected chi connectivity index (χ1v) is 6.26. The van der Waals surface area contributed by atoms with Crippen molar-refractivity contribution in [3.63, 3.8) is 0 Å². The van der Waals surface area contributed by atoms with E-state index in [-0.39, 0.29) is 5.82 Å². The summed E-state index contributed by atoms with van der Waals surface area (Å²) in [6.07, 6.45) is 4.88. The van der Waals surface area contributed by atoms with Crippen LogP contribution in [0.25, 0.3) is 0 Å². The zero-order valence-corrected chi connectivity index (χ0v) is 10.3. The predicted octanol–water partition coefficient (Wildman–Crippen LogP) is 4.45. The first kappa shape index (κ1) is 13.0. The van der Waals surface area contributed by atoms with Crippen molar-refractivity contribution in [1.82, 2.24) is 0 Å². The molecule has 1 aromatic carbocycles. The monoisotopic (exact) mass is 223 g/mol. The highest BCUT2D eigenvalue weighted by Crippen LogP contribution is 2.16. The first-order valence-electron chi connectivity index (χ1n) is 6.26. The average molecular weight is 223 g/mol. The molecule has 0 aliphatic heterocycles. The fraction of sp³-hybridized carbons (Fsp3) is 0.571. The maximum atomic E-state index is 13.3. The number of para-hydroxylation sites is 1. The molecule has 0 saturated heterocycles. The number of rotatable bonds is 7. The molecule has 1 nitrogen and oxygen atoms in total. The first-order chi connectivity index (χ1) is 7.77. The molecule has 0 aliphatic carbocycles. The van der Waals surface area contributed by atoms with E-state index in [1.54, 1.807) is 12.1 Å². The summed E-state index contributed by atoms with van der Waals surface area (Å²) in [5.74, 6) is 0.493. The summed E-state index contributed by atoms with van der Waals surface area (Å²) in [5.41, 5.74) is 0.623. The second-order valence-corrected chi connectivity index (χ2v) is 4.28. The minimum atomic E-state index is -0.159. The lowest BCUT2D eigenvalue weighted by Gasteiger charge is -2.16. The van der Waals surface area contributed by atoms with Crippen LogP contribution in [0.2, 0.25) is 0 Å². The molecule has 16 heavy (non-hydrogen) atoms. The van der Waals surface area contributed by atoms with Gasteiger partial charge in [0.15, 0.2) is 0 Å². The van der Waals surface area contributed by atoms with Crippen molar-refractivity contribution < 1.29 is 4.39 Å². The van der Waals surface area contributed by atoms with Crippen molar-refractivity contribution in [2.45, 2.75) is 39.5 Å². The highest BCUT2D eigenvalue weighted by molar-refractivity contribution is 5.44. The van der Waals surface area contributed by atoms with Crippen molar-refractivity contribution in [2.24, 2.45) is 5.92 Å². The van der Waals surface area contributed by atoms with E-state index in [1.807, 2.05) is 6.07 Å². The molecule has 1 unspecified atom stereocenters. The van der Waals surface area contributed by atoms with Crippen molar-refractivity contribution in [3.05, 3.63) is 30.1 Å². The maximum absolute atomic E-state index is 13.3. The van der Waals surface area contributed by atoms with Crippen LogP contribution >= 0.6 is 0 Å². The van der Waals surface area contributed by atoms with E-state index in [0.717, 1.165) is 13.0 Å². The number of hydrogen-bond acceptors (Lipinski definition) is 1. The molecule has 0 saturated carbocycles. The van der Waals surface area contributed by atoms with Crippen LogP contribution in [0.1, 0.15) is 39.5 Å². The molecule has 0 aliphatic rings. The van der Waals surface area contributed by atoms with Crippen molar-refractivity contribution in [3.8, 4) is 0 Å².